The van der Waals surface area contributed by atoms with Crippen LogP contribution in [0.4, 0.5) is 0 Å². The molecule has 0 aliphatic heterocycles. The SMILES string of the molecule is CCCC(C)(N)CNC1CCCCC1. The highest BCUT2D eigenvalue weighted by molar-refractivity contribution is 4.83. The average molecular weight is 198 g/mol. The van der Waals surface area contributed by atoms with E-state index in [0.29, 0.717) is 0 Å². The van der Waals surface area contributed by atoms with E-state index in [1.807, 2.05) is 0 Å². The Morgan fingerprint density at radius 3 is 2.50 bits per heavy atom. The van der Waals surface area contributed by atoms with Crippen molar-refractivity contribution in [3.05, 3.63) is 0 Å². The predicted molar refractivity (Wildman–Crippen MR) is 62.4 cm³/mol. The van der Waals surface area contributed by atoms with Crippen molar-refractivity contribution < 1.29 is 0 Å². The lowest BCUT2D eigenvalue weighted by atomic mass is 9.93. The molecule has 2 nitrogen and oxygen atoms in total. The Morgan fingerprint density at radius 2 is 1.93 bits per heavy atom. The first-order chi connectivity index (χ1) is 6.64. The van der Waals surface area contributed by atoms with E-state index in [9.17, 15) is 0 Å². The van der Waals surface area contributed by atoms with E-state index in [-0.39, 0.29) is 5.54 Å². The van der Waals surface area contributed by atoms with Gasteiger partial charge in [-0.25, -0.2) is 0 Å². The second-order valence-corrected chi connectivity index (χ2v) is 5.12. The summed E-state index contributed by atoms with van der Waals surface area (Å²) in [4.78, 5) is 0. The molecule has 14 heavy (non-hydrogen) atoms. The molecule has 3 N–H and O–H groups in total. The lowest BCUT2D eigenvalue weighted by Crippen LogP contribution is -2.49. The smallest absolute Gasteiger partial charge is 0.0252 e. The Labute approximate surface area is 88.6 Å². The van der Waals surface area contributed by atoms with Crippen LogP contribution in [0.2, 0.25) is 0 Å². The summed E-state index contributed by atoms with van der Waals surface area (Å²) in [6.07, 6.45) is 9.21. The van der Waals surface area contributed by atoms with Gasteiger partial charge in [-0.1, -0.05) is 32.6 Å². The molecule has 0 aromatic heterocycles. The van der Waals surface area contributed by atoms with Crippen molar-refractivity contribution in [2.45, 2.75) is 70.4 Å². The summed E-state index contributed by atoms with van der Waals surface area (Å²) in [6, 6.07) is 0.739. The minimum atomic E-state index is -0.00774. The lowest BCUT2D eigenvalue weighted by Gasteiger charge is -2.29. The predicted octanol–water partition coefficient (Wildman–Crippen LogP) is 2.43. The summed E-state index contributed by atoms with van der Waals surface area (Å²) in [5.41, 5.74) is 6.17. The molecular formula is C12H26N2. The number of nitrogens with two attached hydrogens (primary N) is 1. The second-order valence-electron chi connectivity index (χ2n) is 5.12. The molecule has 1 saturated carbocycles. The van der Waals surface area contributed by atoms with Crippen molar-refractivity contribution in [1.29, 1.82) is 0 Å². The highest BCUT2D eigenvalue weighted by Gasteiger charge is 2.20. The normalized spacial score (nSPS) is 23.4. The molecule has 1 aliphatic carbocycles. The molecule has 1 atom stereocenters. The summed E-state index contributed by atoms with van der Waals surface area (Å²) in [5.74, 6) is 0. The van der Waals surface area contributed by atoms with Crippen LogP contribution in [0.15, 0.2) is 0 Å². The van der Waals surface area contributed by atoms with Gasteiger partial charge in [-0.2, -0.15) is 0 Å². The Bertz CT molecular complexity index is 148. The van der Waals surface area contributed by atoms with E-state index in [2.05, 4.69) is 19.2 Å². The zero-order valence-corrected chi connectivity index (χ0v) is 9.81. The molecule has 0 saturated heterocycles. The van der Waals surface area contributed by atoms with Crippen LogP contribution < -0.4 is 11.1 Å². The molecular weight excluding hydrogens is 172 g/mol. The van der Waals surface area contributed by atoms with Crippen molar-refractivity contribution in [3.8, 4) is 0 Å². The third-order valence-electron chi connectivity index (χ3n) is 3.22. The number of rotatable bonds is 5. The summed E-state index contributed by atoms with van der Waals surface area (Å²) >= 11 is 0. The van der Waals surface area contributed by atoms with E-state index in [0.717, 1.165) is 19.0 Å². The molecule has 84 valence electrons. The fourth-order valence-corrected chi connectivity index (χ4v) is 2.34. The van der Waals surface area contributed by atoms with E-state index in [1.165, 1.54) is 38.5 Å². The molecule has 0 radical (unpaired) electrons. The van der Waals surface area contributed by atoms with E-state index in [1.54, 1.807) is 0 Å². The number of nitrogens with one attached hydrogen (secondary N) is 1. The van der Waals surface area contributed by atoms with Crippen LogP contribution in [0.25, 0.3) is 0 Å². The van der Waals surface area contributed by atoms with Gasteiger partial charge in [-0.15, -0.1) is 0 Å². The Morgan fingerprint density at radius 1 is 1.29 bits per heavy atom. The first-order valence-corrected chi connectivity index (χ1v) is 6.16. The average Bonchev–Trinajstić information content (AvgIpc) is 2.17. The topological polar surface area (TPSA) is 38.0 Å². The zero-order valence-electron chi connectivity index (χ0n) is 9.81. The van der Waals surface area contributed by atoms with Gasteiger partial charge in [0.25, 0.3) is 0 Å². The molecule has 1 unspecified atom stereocenters. The summed E-state index contributed by atoms with van der Waals surface area (Å²) in [6.45, 7) is 5.34. The fraction of sp³-hybridized carbons (Fsp3) is 1.00. The second kappa shape index (κ2) is 5.72. The van der Waals surface area contributed by atoms with Crippen LogP contribution in [0.3, 0.4) is 0 Å². The van der Waals surface area contributed by atoms with Crippen molar-refractivity contribution >= 4 is 0 Å². The molecule has 1 rings (SSSR count). The van der Waals surface area contributed by atoms with Crippen LogP contribution in [-0.4, -0.2) is 18.1 Å². The summed E-state index contributed by atoms with van der Waals surface area (Å²) in [7, 11) is 0. The standard InChI is InChI=1S/C12H26N2/c1-3-9-12(2,13)10-14-11-7-5-4-6-8-11/h11,14H,3-10,13H2,1-2H3. The van der Waals surface area contributed by atoms with E-state index in [4.69, 9.17) is 5.73 Å². The van der Waals surface area contributed by atoms with Crippen molar-refractivity contribution in [3.63, 3.8) is 0 Å². The Kier molecular flexibility index (Phi) is 4.90. The fourth-order valence-electron chi connectivity index (χ4n) is 2.34. The van der Waals surface area contributed by atoms with E-state index < -0.39 is 0 Å². The Hall–Kier alpha value is -0.0800. The first-order valence-electron chi connectivity index (χ1n) is 6.16. The minimum Gasteiger partial charge on any atom is -0.324 e. The van der Waals surface area contributed by atoms with Crippen molar-refractivity contribution in [2.24, 2.45) is 5.73 Å². The maximum Gasteiger partial charge on any atom is 0.0252 e. The highest BCUT2D eigenvalue weighted by atomic mass is 15.0. The van der Waals surface area contributed by atoms with Crippen LogP contribution in [0, 0.1) is 0 Å². The largest absolute Gasteiger partial charge is 0.324 e. The van der Waals surface area contributed by atoms with E-state index >= 15 is 0 Å². The number of hydrogen-bond acceptors (Lipinski definition) is 2. The van der Waals surface area contributed by atoms with Gasteiger partial charge in [0.1, 0.15) is 0 Å². The zero-order chi connectivity index (χ0) is 10.4. The summed E-state index contributed by atoms with van der Waals surface area (Å²) in [5, 5.41) is 3.62. The van der Waals surface area contributed by atoms with Crippen LogP contribution in [-0.2, 0) is 0 Å². The molecule has 0 aromatic rings. The third-order valence-corrected chi connectivity index (χ3v) is 3.22. The van der Waals surface area contributed by atoms with Gasteiger partial charge in [0.2, 0.25) is 0 Å². The Balaban J connectivity index is 2.17. The van der Waals surface area contributed by atoms with Gasteiger partial charge in [0.15, 0.2) is 0 Å². The monoisotopic (exact) mass is 198 g/mol. The lowest BCUT2D eigenvalue weighted by molar-refractivity contribution is 0.321. The minimum absolute atomic E-state index is 0.00774. The van der Waals surface area contributed by atoms with Crippen LogP contribution in [0.5, 0.6) is 0 Å². The van der Waals surface area contributed by atoms with Crippen molar-refractivity contribution in [1.82, 2.24) is 5.32 Å². The summed E-state index contributed by atoms with van der Waals surface area (Å²) < 4.78 is 0. The molecule has 0 amide bonds. The third kappa shape index (κ3) is 4.43. The molecule has 1 fully saturated rings. The highest BCUT2D eigenvalue weighted by Crippen LogP contribution is 2.18. The van der Waals surface area contributed by atoms with Gasteiger partial charge >= 0.3 is 0 Å². The maximum absolute atomic E-state index is 6.18. The molecule has 0 spiro atoms. The first kappa shape index (κ1) is 12.0. The molecule has 2 heteroatoms. The van der Waals surface area contributed by atoms with Gasteiger partial charge in [0, 0.05) is 18.1 Å². The van der Waals surface area contributed by atoms with Gasteiger partial charge < -0.3 is 11.1 Å². The van der Waals surface area contributed by atoms with Gasteiger partial charge in [-0.3, -0.25) is 0 Å². The quantitative estimate of drug-likeness (QED) is 0.712. The van der Waals surface area contributed by atoms with Crippen LogP contribution in [0.1, 0.15) is 58.8 Å². The van der Waals surface area contributed by atoms with Gasteiger partial charge in [0.05, 0.1) is 0 Å². The molecule has 0 bridgehead atoms. The van der Waals surface area contributed by atoms with Crippen LogP contribution >= 0.6 is 0 Å². The molecule has 0 heterocycles. The molecule has 1 aliphatic rings. The molecule has 0 aromatic carbocycles. The van der Waals surface area contributed by atoms with Crippen molar-refractivity contribution in [2.75, 3.05) is 6.54 Å². The number of hydrogen-bond donors (Lipinski definition) is 2. The maximum atomic E-state index is 6.18. The van der Waals surface area contributed by atoms with Gasteiger partial charge in [-0.05, 0) is 26.2 Å².